The van der Waals surface area contributed by atoms with Crippen molar-refractivity contribution >= 4 is 29.5 Å². The van der Waals surface area contributed by atoms with Crippen LogP contribution in [0.5, 0.6) is 0 Å². The van der Waals surface area contributed by atoms with Crippen LogP contribution in [0.2, 0.25) is 0 Å². The van der Waals surface area contributed by atoms with Crippen LogP contribution >= 0.6 is 0 Å². The van der Waals surface area contributed by atoms with Gasteiger partial charge in [-0.05, 0) is 62.9 Å². The highest BCUT2D eigenvalue weighted by atomic mass is 19.1. The van der Waals surface area contributed by atoms with E-state index in [2.05, 4.69) is 5.32 Å². The topological polar surface area (TPSA) is 99.3 Å². The third-order valence-corrected chi connectivity index (χ3v) is 7.79. The molecule has 2 aromatic rings. The molecule has 232 valence electrons. The quantitative estimate of drug-likeness (QED) is 0.434. The zero-order valence-electron chi connectivity index (χ0n) is 25.3. The second-order valence-corrected chi connectivity index (χ2v) is 12.2. The maximum Gasteiger partial charge on any atom is 0.410 e. The van der Waals surface area contributed by atoms with Gasteiger partial charge in [-0.3, -0.25) is 14.4 Å². The van der Waals surface area contributed by atoms with E-state index in [1.807, 2.05) is 0 Å². The molecule has 4 rings (SSSR count). The van der Waals surface area contributed by atoms with Crippen LogP contribution in [0.4, 0.5) is 19.3 Å². The van der Waals surface area contributed by atoms with Gasteiger partial charge in [-0.25, -0.2) is 13.6 Å². The molecular weight excluding hydrogens is 558 g/mol. The van der Waals surface area contributed by atoms with Crippen molar-refractivity contribution in [3.63, 3.8) is 0 Å². The minimum Gasteiger partial charge on any atom is -0.444 e. The van der Waals surface area contributed by atoms with Gasteiger partial charge in [0.1, 0.15) is 29.5 Å². The lowest BCUT2D eigenvalue weighted by Crippen LogP contribution is -2.48. The summed E-state index contributed by atoms with van der Waals surface area (Å²) in [5.74, 6) is -2.92. The summed E-state index contributed by atoms with van der Waals surface area (Å²) in [6.07, 6.45) is 4.16. The van der Waals surface area contributed by atoms with E-state index in [1.54, 1.807) is 55.8 Å². The van der Waals surface area contributed by atoms with Crippen LogP contribution in [0.1, 0.15) is 80.8 Å². The molecule has 0 bridgehead atoms. The average molecular weight is 599 g/mol. The summed E-state index contributed by atoms with van der Waals surface area (Å²) in [6, 6.07) is 8.29. The molecule has 1 N–H and O–H groups in total. The predicted octanol–water partition coefficient (Wildman–Crippen LogP) is 5.48. The van der Waals surface area contributed by atoms with Crippen LogP contribution in [-0.2, 0) is 27.4 Å². The van der Waals surface area contributed by atoms with Crippen molar-refractivity contribution in [3.05, 3.63) is 64.7 Å². The highest BCUT2D eigenvalue weighted by molar-refractivity contribution is 6.06. The Labute approximate surface area is 251 Å². The van der Waals surface area contributed by atoms with Gasteiger partial charge in [-0.2, -0.15) is 0 Å². The number of nitrogens with zero attached hydrogens (tertiary/aromatic N) is 3. The Morgan fingerprint density at radius 3 is 2.28 bits per heavy atom. The second kappa shape index (κ2) is 13.5. The first-order chi connectivity index (χ1) is 20.3. The molecule has 2 aromatic carbocycles. The molecule has 0 spiro atoms. The van der Waals surface area contributed by atoms with Crippen LogP contribution in [0, 0.1) is 11.6 Å². The monoisotopic (exact) mass is 598 g/mol. The SMILES string of the molecule is CN(CCC(=O)N(CC(=O)N1Cc2cccc(C(=O)Nc3c(F)cccc3F)c2C1)C1CCCCC1)C(=O)OC(C)(C)C. The predicted molar refractivity (Wildman–Crippen MR) is 157 cm³/mol. The summed E-state index contributed by atoms with van der Waals surface area (Å²) in [5, 5.41) is 2.32. The van der Waals surface area contributed by atoms with E-state index >= 15 is 0 Å². The molecule has 9 nitrogen and oxygen atoms in total. The lowest BCUT2D eigenvalue weighted by atomic mass is 9.94. The number of amides is 4. The van der Waals surface area contributed by atoms with Gasteiger partial charge >= 0.3 is 6.09 Å². The summed E-state index contributed by atoms with van der Waals surface area (Å²) < 4.78 is 33.7. The molecule has 1 heterocycles. The summed E-state index contributed by atoms with van der Waals surface area (Å²) in [5.41, 5.74) is 0.387. The molecule has 2 aliphatic rings. The molecule has 0 atom stereocenters. The molecule has 0 radical (unpaired) electrons. The molecular formula is C32H40F2N4O5. The fraction of sp³-hybridized carbons (Fsp3) is 0.500. The average Bonchev–Trinajstić information content (AvgIpc) is 3.40. The van der Waals surface area contributed by atoms with Crippen LogP contribution in [0.15, 0.2) is 36.4 Å². The van der Waals surface area contributed by atoms with Gasteiger partial charge in [0, 0.05) is 44.7 Å². The van der Waals surface area contributed by atoms with E-state index in [0.29, 0.717) is 5.56 Å². The maximum absolute atomic E-state index is 14.1. The summed E-state index contributed by atoms with van der Waals surface area (Å²) in [4.78, 5) is 57.0. The first-order valence-electron chi connectivity index (χ1n) is 14.7. The van der Waals surface area contributed by atoms with Gasteiger partial charge in [0.2, 0.25) is 11.8 Å². The van der Waals surface area contributed by atoms with E-state index < -0.39 is 34.9 Å². The molecule has 1 saturated carbocycles. The van der Waals surface area contributed by atoms with Gasteiger partial charge in [-0.1, -0.05) is 37.5 Å². The van der Waals surface area contributed by atoms with Crippen molar-refractivity contribution in [2.75, 3.05) is 25.5 Å². The number of hydrogen-bond acceptors (Lipinski definition) is 5. The van der Waals surface area contributed by atoms with E-state index in [4.69, 9.17) is 4.74 Å². The van der Waals surface area contributed by atoms with Crippen LogP contribution in [0.3, 0.4) is 0 Å². The summed E-state index contributed by atoms with van der Waals surface area (Å²) in [7, 11) is 1.58. The highest BCUT2D eigenvalue weighted by Gasteiger charge is 2.33. The standard InChI is InChI=1S/C32H40F2N4O5/c1-32(2,3)43-31(42)36(4)17-16-27(39)38(22-11-6-5-7-12-22)20-28(40)37-18-21-10-8-13-23(24(21)19-37)30(41)35-29-25(33)14-9-15-26(29)34/h8-10,13-15,22H,5-7,11-12,16-20H2,1-4H3,(H,35,41). The fourth-order valence-electron chi connectivity index (χ4n) is 5.51. The zero-order valence-corrected chi connectivity index (χ0v) is 25.3. The van der Waals surface area contributed by atoms with Crippen LogP contribution in [-0.4, -0.2) is 70.3 Å². The Hall–Kier alpha value is -4.02. The number of carbonyl (C=O) groups is 4. The van der Waals surface area contributed by atoms with E-state index in [0.717, 1.165) is 49.8 Å². The van der Waals surface area contributed by atoms with Crippen LogP contribution in [0.25, 0.3) is 0 Å². The fourth-order valence-corrected chi connectivity index (χ4v) is 5.51. The Balaban J connectivity index is 1.43. The smallest absolute Gasteiger partial charge is 0.410 e. The number of carbonyl (C=O) groups excluding carboxylic acids is 4. The van der Waals surface area contributed by atoms with Crippen molar-refractivity contribution in [3.8, 4) is 0 Å². The summed E-state index contributed by atoms with van der Waals surface area (Å²) in [6.45, 7) is 5.74. The Bertz CT molecular complexity index is 1350. The number of rotatable bonds is 8. The van der Waals surface area contributed by atoms with Crippen molar-refractivity contribution in [1.29, 1.82) is 0 Å². The Morgan fingerprint density at radius 1 is 0.977 bits per heavy atom. The van der Waals surface area contributed by atoms with Gasteiger partial charge in [-0.15, -0.1) is 0 Å². The number of halogens is 2. The minimum atomic E-state index is -0.887. The van der Waals surface area contributed by atoms with Gasteiger partial charge in [0.15, 0.2) is 0 Å². The molecule has 1 aliphatic carbocycles. The van der Waals surface area contributed by atoms with Crippen molar-refractivity contribution in [2.45, 2.75) is 84.0 Å². The Kier molecular flexibility index (Phi) is 10.0. The minimum absolute atomic E-state index is 0.0523. The summed E-state index contributed by atoms with van der Waals surface area (Å²) >= 11 is 0. The molecule has 1 aliphatic heterocycles. The maximum atomic E-state index is 14.1. The third kappa shape index (κ3) is 8.09. The largest absolute Gasteiger partial charge is 0.444 e. The van der Waals surface area contributed by atoms with E-state index in [-0.39, 0.29) is 56.0 Å². The van der Waals surface area contributed by atoms with Gasteiger partial charge < -0.3 is 24.8 Å². The molecule has 0 aromatic heterocycles. The highest BCUT2D eigenvalue weighted by Crippen LogP contribution is 2.29. The molecule has 11 heteroatoms. The molecule has 43 heavy (non-hydrogen) atoms. The molecule has 0 unspecified atom stereocenters. The molecule has 1 fully saturated rings. The van der Waals surface area contributed by atoms with Crippen LogP contribution < -0.4 is 5.32 Å². The number of para-hydroxylation sites is 1. The normalized spacial score (nSPS) is 15.1. The van der Waals surface area contributed by atoms with Crippen molar-refractivity contribution in [1.82, 2.24) is 14.7 Å². The number of benzene rings is 2. The number of nitrogens with one attached hydrogen (secondary N) is 1. The number of anilines is 1. The number of fused-ring (bicyclic) bond motifs is 1. The first kappa shape index (κ1) is 31.9. The van der Waals surface area contributed by atoms with E-state index in [1.165, 1.54) is 11.0 Å². The lowest BCUT2D eigenvalue weighted by Gasteiger charge is -2.35. The number of hydrogen-bond donors (Lipinski definition) is 1. The van der Waals surface area contributed by atoms with Gasteiger partial charge in [0.05, 0.1) is 0 Å². The second-order valence-electron chi connectivity index (χ2n) is 12.2. The Morgan fingerprint density at radius 2 is 1.63 bits per heavy atom. The van der Waals surface area contributed by atoms with E-state index in [9.17, 15) is 28.0 Å². The first-order valence-corrected chi connectivity index (χ1v) is 14.7. The third-order valence-electron chi connectivity index (χ3n) is 7.79. The van der Waals surface area contributed by atoms with Gasteiger partial charge in [0.25, 0.3) is 5.91 Å². The zero-order chi connectivity index (χ0) is 31.3. The van der Waals surface area contributed by atoms with Crippen molar-refractivity contribution in [2.24, 2.45) is 0 Å². The molecule has 0 saturated heterocycles. The molecule has 4 amide bonds. The number of ether oxygens (including phenoxy) is 1. The lowest BCUT2D eigenvalue weighted by molar-refractivity contribution is -0.143. The van der Waals surface area contributed by atoms with Crippen molar-refractivity contribution < 1.29 is 32.7 Å².